The number of hydrogen-bond acceptors (Lipinski definition) is 5. The minimum absolute atomic E-state index is 0.0316. The van der Waals surface area contributed by atoms with E-state index in [0.717, 1.165) is 21.8 Å². The van der Waals surface area contributed by atoms with Gasteiger partial charge in [0.25, 0.3) is 0 Å². The summed E-state index contributed by atoms with van der Waals surface area (Å²) < 4.78 is 28.0. The number of hydrogen-bond donors (Lipinski definition) is 1. The van der Waals surface area contributed by atoms with Crippen molar-refractivity contribution in [3.05, 3.63) is 57.4 Å². The Kier molecular flexibility index (Phi) is 5.55. The zero-order valence-corrected chi connectivity index (χ0v) is 17.8. The summed E-state index contributed by atoms with van der Waals surface area (Å²) in [6.45, 7) is 6.47. The summed E-state index contributed by atoms with van der Waals surface area (Å²) in [5, 5.41) is 5.23. The highest BCUT2D eigenvalue weighted by Crippen LogP contribution is 2.33. The molecular weight excluding hydrogens is 408 g/mol. The summed E-state index contributed by atoms with van der Waals surface area (Å²) in [5.41, 5.74) is 2.54. The molecule has 1 aromatic carbocycles. The number of rotatable bonds is 5. The number of nitrogens with one attached hydrogen (secondary N) is 1. The molecule has 2 heterocycles. The van der Waals surface area contributed by atoms with Gasteiger partial charge in [-0.25, -0.2) is 18.1 Å². The van der Waals surface area contributed by atoms with Crippen LogP contribution in [0.5, 0.6) is 0 Å². The summed E-state index contributed by atoms with van der Waals surface area (Å²) in [7, 11) is -3.60. The molecule has 0 aliphatic carbocycles. The second-order valence-electron chi connectivity index (χ2n) is 6.86. The van der Waals surface area contributed by atoms with Crippen LogP contribution in [0.25, 0.3) is 10.6 Å². The van der Waals surface area contributed by atoms with Crippen molar-refractivity contribution in [2.45, 2.75) is 36.9 Å². The first-order chi connectivity index (χ1) is 12.2. The smallest absolute Gasteiger partial charge is 0.241 e. The first-order valence-electron chi connectivity index (χ1n) is 7.95. The van der Waals surface area contributed by atoms with Crippen molar-refractivity contribution in [2.75, 3.05) is 0 Å². The highest BCUT2D eigenvalue weighted by Gasteiger charge is 2.21. The van der Waals surface area contributed by atoms with Gasteiger partial charge in [0.15, 0.2) is 0 Å². The van der Waals surface area contributed by atoms with Crippen LogP contribution in [-0.4, -0.2) is 13.4 Å². The average molecular weight is 427 g/mol. The van der Waals surface area contributed by atoms with Crippen LogP contribution in [0.4, 0.5) is 0 Å². The molecular formula is C18H19ClN2O2S3. The van der Waals surface area contributed by atoms with Crippen LogP contribution in [-0.2, 0) is 22.0 Å². The van der Waals surface area contributed by atoms with E-state index in [1.54, 1.807) is 18.2 Å². The van der Waals surface area contributed by atoms with Crippen LogP contribution in [0.15, 0.2) is 45.3 Å². The highest BCUT2D eigenvalue weighted by molar-refractivity contribution is 7.91. The summed E-state index contributed by atoms with van der Waals surface area (Å²) >= 11 is 8.80. The van der Waals surface area contributed by atoms with E-state index in [0.29, 0.717) is 5.02 Å². The molecule has 1 N–H and O–H groups in total. The van der Waals surface area contributed by atoms with Crippen LogP contribution in [0.3, 0.4) is 0 Å². The second-order valence-corrected chi connectivity index (χ2v) is 11.0. The van der Waals surface area contributed by atoms with Crippen molar-refractivity contribution >= 4 is 44.3 Å². The van der Waals surface area contributed by atoms with Crippen molar-refractivity contribution in [1.29, 1.82) is 0 Å². The lowest BCUT2D eigenvalue weighted by molar-refractivity contribution is 0.573. The Bertz CT molecular complexity index is 1020. The fraction of sp³-hybridized carbons (Fsp3) is 0.278. The number of halogens is 1. The fourth-order valence-corrected chi connectivity index (χ4v) is 5.73. The maximum atomic E-state index is 12.6. The SMILES string of the molecule is CC(C)(C)c1csc(-c2csc(S(=O)(=O)NCc3ccccc3Cl)c2)n1. The summed E-state index contributed by atoms with van der Waals surface area (Å²) in [5.74, 6) is 0. The maximum Gasteiger partial charge on any atom is 0.250 e. The number of thiophene rings is 1. The van der Waals surface area contributed by atoms with Crippen LogP contribution < -0.4 is 4.72 Å². The van der Waals surface area contributed by atoms with E-state index in [1.165, 1.54) is 22.7 Å². The Morgan fingerprint density at radius 3 is 2.54 bits per heavy atom. The van der Waals surface area contributed by atoms with Gasteiger partial charge in [0.1, 0.15) is 9.22 Å². The molecule has 3 aromatic rings. The summed E-state index contributed by atoms with van der Waals surface area (Å²) in [6, 6.07) is 8.85. The molecule has 0 radical (unpaired) electrons. The first kappa shape index (κ1) is 19.5. The largest absolute Gasteiger partial charge is 0.250 e. The van der Waals surface area contributed by atoms with E-state index < -0.39 is 10.0 Å². The molecule has 0 saturated carbocycles. The van der Waals surface area contributed by atoms with E-state index in [-0.39, 0.29) is 16.2 Å². The normalized spacial score (nSPS) is 12.5. The van der Waals surface area contributed by atoms with Gasteiger partial charge in [0, 0.05) is 33.3 Å². The lowest BCUT2D eigenvalue weighted by Crippen LogP contribution is -2.22. The molecule has 0 unspecified atom stereocenters. The van der Waals surface area contributed by atoms with Gasteiger partial charge in [-0.05, 0) is 17.7 Å². The maximum absolute atomic E-state index is 12.6. The molecule has 0 atom stereocenters. The van der Waals surface area contributed by atoms with Crippen molar-refractivity contribution in [3.8, 4) is 10.6 Å². The van der Waals surface area contributed by atoms with Crippen molar-refractivity contribution in [3.63, 3.8) is 0 Å². The number of thiazole rings is 1. The minimum atomic E-state index is -3.60. The zero-order valence-electron chi connectivity index (χ0n) is 14.6. The molecule has 3 rings (SSSR count). The third-order valence-electron chi connectivity index (χ3n) is 3.77. The van der Waals surface area contributed by atoms with Crippen LogP contribution in [0.2, 0.25) is 5.02 Å². The monoisotopic (exact) mass is 426 g/mol. The number of sulfonamides is 1. The Morgan fingerprint density at radius 1 is 1.15 bits per heavy atom. The van der Waals surface area contributed by atoms with Gasteiger partial charge >= 0.3 is 0 Å². The molecule has 2 aromatic heterocycles. The van der Waals surface area contributed by atoms with E-state index in [4.69, 9.17) is 11.6 Å². The average Bonchev–Trinajstić information content (AvgIpc) is 3.23. The standard InChI is InChI=1S/C18H19ClN2O2S3/c1-18(2,3)15-11-25-17(21-15)13-8-16(24-10-13)26(22,23)20-9-12-6-4-5-7-14(12)19/h4-8,10-11,20H,9H2,1-3H3. The summed E-state index contributed by atoms with van der Waals surface area (Å²) in [6.07, 6.45) is 0. The molecule has 138 valence electrons. The molecule has 0 aliphatic rings. The second kappa shape index (κ2) is 7.40. The van der Waals surface area contributed by atoms with E-state index in [2.05, 4.69) is 30.5 Å². The molecule has 0 amide bonds. The van der Waals surface area contributed by atoms with E-state index >= 15 is 0 Å². The van der Waals surface area contributed by atoms with Crippen LogP contribution in [0, 0.1) is 0 Å². The van der Waals surface area contributed by atoms with Crippen LogP contribution >= 0.6 is 34.3 Å². The van der Waals surface area contributed by atoms with Crippen molar-refractivity contribution in [1.82, 2.24) is 9.71 Å². The Hall–Kier alpha value is -1.25. The molecule has 0 saturated heterocycles. The van der Waals surface area contributed by atoms with Gasteiger partial charge in [-0.2, -0.15) is 0 Å². The highest BCUT2D eigenvalue weighted by atomic mass is 35.5. The molecule has 8 heteroatoms. The van der Waals surface area contributed by atoms with Gasteiger partial charge in [0.05, 0.1) is 5.69 Å². The Balaban J connectivity index is 1.78. The lowest BCUT2D eigenvalue weighted by Gasteiger charge is -2.14. The predicted octanol–water partition coefficient (Wildman–Crippen LogP) is 5.30. The summed E-state index contributed by atoms with van der Waals surface area (Å²) in [4.78, 5) is 4.64. The van der Waals surface area contributed by atoms with Crippen molar-refractivity contribution < 1.29 is 8.42 Å². The molecule has 0 fully saturated rings. The lowest BCUT2D eigenvalue weighted by atomic mass is 9.93. The van der Waals surface area contributed by atoms with Gasteiger partial charge in [-0.1, -0.05) is 50.6 Å². The predicted molar refractivity (Wildman–Crippen MR) is 110 cm³/mol. The van der Waals surface area contributed by atoms with E-state index in [9.17, 15) is 8.42 Å². The number of aromatic nitrogens is 1. The zero-order chi connectivity index (χ0) is 18.9. The van der Waals surface area contributed by atoms with Gasteiger partial charge < -0.3 is 0 Å². The van der Waals surface area contributed by atoms with Crippen LogP contribution in [0.1, 0.15) is 32.0 Å². The molecule has 0 spiro atoms. The molecule has 0 bridgehead atoms. The molecule has 26 heavy (non-hydrogen) atoms. The molecule has 0 aliphatic heterocycles. The molecule has 4 nitrogen and oxygen atoms in total. The van der Waals surface area contributed by atoms with Gasteiger partial charge in [-0.3, -0.25) is 0 Å². The third kappa shape index (κ3) is 4.35. The number of benzene rings is 1. The fourth-order valence-electron chi connectivity index (χ4n) is 2.21. The quantitative estimate of drug-likeness (QED) is 0.602. The Morgan fingerprint density at radius 2 is 1.88 bits per heavy atom. The van der Waals surface area contributed by atoms with Crippen molar-refractivity contribution in [2.24, 2.45) is 0 Å². The number of nitrogens with zero attached hydrogens (tertiary/aromatic N) is 1. The van der Waals surface area contributed by atoms with Gasteiger partial charge in [0.2, 0.25) is 10.0 Å². The third-order valence-corrected chi connectivity index (χ3v) is 7.87. The Labute approximate surface area is 166 Å². The van der Waals surface area contributed by atoms with Gasteiger partial charge in [-0.15, -0.1) is 22.7 Å². The minimum Gasteiger partial charge on any atom is -0.241 e. The van der Waals surface area contributed by atoms with E-state index in [1.807, 2.05) is 22.9 Å². The topological polar surface area (TPSA) is 59.1 Å². The first-order valence-corrected chi connectivity index (χ1v) is 11.6.